The highest BCUT2D eigenvalue weighted by Gasteiger charge is 2.14. The second-order valence-corrected chi connectivity index (χ2v) is 5.16. The van der Waals surface area contributed by atoms with Gasteiger partial charge in [0.2, 0.25) is 0 Å². The largest absolute Gasteiger partial charge is 0.386 e. The molecule has 0 radical (unpaired) electrons. The van der Waals surface area contributed by atoms with E-state index in [1.165, 1.54) is 0 Å². The summed E-state index contributed by atoms with van der Waals surface area (Å²) in [6.45, 7) is 11.0. The Labute approximate surface area is 142 Å². The summed E-state index contributed by atoms with van der Waals surface area (Å²) >= 11 is 0. The molecule has 0 rings (SSSR count). The maximum atomic E-state index is 11.5. The van der Waals surface area contributed by atoms with Gasteiger partial charge in [-0.3, -0.25) is 0 Å². The summed E-state index contributed by atoms with van der Waals surface area (Å²) in [7, 11) is 0. The molecule has 0 bridgehead atoms. The van der Waals surface area contributed by atoms with Crippen LogP contribution in [0, 0.1) is 0 Å². The number of hydrogen-bond acceptors (Lipinski definition) is 6. The summed E-state index contributed by atoms with van der Waals surface area (Å²) in [6.07, 6.45) is 5.58. The maximum absolute atomic E-state index is 11.5. The zero-order chi connectivity index (χ0) is 18.5. The van der Waals surface area contributed by atoms with Crippen molar-refractivity contribution in [1.82, 2.24) is 0 Å². The Bertz CT molecular complexity index is 494. The Morgan fingerprint density at radius 2 is 1.08 bits per heavy atom. The number of hydrogen-bond donors (Lipinski definition) is 0. The van der Waals surface area contributed by atoms with Gasteiger partial charge >= 0.3 is 23.9 Å². The molecular weight excluding hydrogens is 312 g/mol. The van der Waals surface area contributed by atoms with Crippen molar-refractivity contribution >= 4 is 23.9 Å². The summed E-state index contributed by atoms with van der Waals surface area (Å²) in [6, 6.07) is 0. The van der Waals surface area contributed by atoms with Gasteiger partial charge in [0, 0.05) is 23.3 Å². The third-order valence-corrected chi connectivity index (χ3v) is 2.98. The second kappa shape index (κ2) is 12.0. The van der Waals surface area contributed by atoms with E-state index in [1.54, 1.807) is 0 Å². The van der Waals surface area contributed by atoms with Crippen molar-refractivity contribution in [2.75, 3.05) is 0 Å². The lowest BCUT2D eigenvalue weighted by molar-refractivity contribution is -0.156. The van der Waals surface area contributed by atoms with Gasteiger partial charge in [0.15, 0.2) is 0 Å². The fourth-order valence-electron chi connectivity index (χ4n) is 1.52. The van der Waals surface area contributed by atoms with E-state index in [0.717, 1.165) is 37.8 Å². The summed E-state index contributed by atoms with van der Waals surface area (Å²) in [5.41, 5.74) is 0.368. The Morgan fingerprint density at radius 3 is 1.38 bits per heavy atom. The van der Waals surface area contributed by atoms with Gasteiger partial charge in [0.25, 0.3) is 0 Å². The molecule has 6 heteroatoms. The molecule has 0 aliphatic carbocycles. The normalized spacial score (nSPS) is 10.2. The van der Waals surface area contributed by atoms with Crippen molar-refractivity contribution in [2.45, 2.75) is 52.4 Å². The highest BCUT2D eigenvalue weighted by atomic mass is 16.6. The van der Waals surface area contributed by atoms with Crippen LogP contribution in [0.1, 0.15) is 52.4 Å². The van der Waals surface area contributed by atoms with Crippen LogP contribution in [0.25, 0.3) is 0 Å². The average Bonchev–Trinajstić information content (AvgIpc) is 2.55. The monoisotopic (exact) mass is 336 g/mol. The summed E-state index contributed by atoms with van der Waals surface area (Å²) in [5.74, 6) is -3.75. The Kier molecular flexibility index (Phi) is 10.7. The minimum Gasteiger partial charge on any atom is -0.386 e. The van der Waals surface area contributed by atoms with Gasteiger partial charge in [-0.2, -0.15) is 0 Å². The van der Waals surface area contributed by atoms with E-state index in [9.17, 15) is 19.2 Å². The van der Waals surface area contributed by atoms with Gasteiger partial charge in [0.05, 0.1) is 0 Å². The van der Waals surface area contributed by atoms with E-state index in [2.05, 4.69) is 22.6 Å². The van der Waals surface area contributed by atoms with Gasteiger partial charge < -0.3 is 9.47 Å². The predicted octanol–water partition coefficient (Wildman–Crippen LogP) is 3.18. The highest BCUT2D eigenvalue weighted by molar-refractivity contribution is 6.03. The standard InChI is InChI=1S/C18H24O6/c1-5-7-9-13(3)17(21)23-15(19)11-12-16(20)24-18(22)14(4)10-8-6-2/h11-12H,3-10H2,1-2H3. The first-order chi connectivity index (χ1) is 11.3. The van der Waals surface area contributed by atoms with Crippen molar-refractivity contribution in [2.24, 2.45) is 0 Å². The van der Waals surface area contributed by atoms with Crippen LogP contribution in [-0.4, -0.2) is 23.9 Å². The van der Waals surface area contributed by atoms with Crippen LogP contribution in [0.3, 0.4) is 0 Å². The minimum absolute atomic E-state index is 0.184. The zero-order valence-electron chi connectivity index (χ0n) is 14.3. The third kappa shape index (κ3) is 9.50. The smallest absolute Gasteiger partial charge is 0.341 e. The molecule has 0 aromatic heterocycles. The van der Waals surface area contributed by atoms with E-state index in [4.69, 9.17) is 0 Å². The molecule has 0 aromatic carbocycles. The predicted molar refractivity (Wildman–Crippen MR) is 88.7 cm³/mol. The van der Waals surface area contributed by atoms with Crippen molar-refractivity contribution in [3.8, 4) is 0 Å². The van der Waals surface area contributed by atoms with Gasteiger partial charge in [0.1, 0.15) is 0 Å². The molecule has 0 aliphatic rings. The van der Waals surface area contributed by atoms with Gasteiger partial charge in [-0.05, 0) is 25.7 Å². The second-order valence-electron chi connectivity index (χ2n) is 5.16. The molecule has 0 spiro atoms. The molecule has 6 nitrogen and oxygen atoms in total. The third-order valence-electron chi connectivity index (χ3n) is 2.98. The summed E-state index contributed by atoms with van der Waals surface area (Å²) < 4.78 is 8.98. The molecule has 24 heavy (non-hydrogen) atoms. The fraction of sp³-hybridized carbons (Fsp3) is 0.444. The lowest BCUT2D eigenvalue weighted by atomic mass is 10.1. The zero-order valence-corrected chi connectivity index (χ0v) is 14.3. The Balaban J connectivity index is 4.32. The van der Waals surface area contributed by atoms with E-state index >= 15 is 0 Å². The molecule has 0 saturated heterocycles. The van der Waals surface area contributed by atoms with Crippen LogP contribution in [0.5, 0.6) is 0 Å². The lowest BCUT2D eigenvalue weighted by Gasteiger charge is -2.03. The minimum atomic E-state index is -1.04. The first-order valence-electron chi connectivity index (χ1n) is 7.87. The van der Waals surface area contributed by atoms with Gasteiger partial charge in [-0.25, -0.2) is 19.2 Å². The van der Waals surface area contributed by atoms with E-state index in [1.807, 2.05) is 13.8 Å². The number of ether oxygens (including phenoxy) is 2. The van der Waals surface area contributed by atoms with Crippen molar-refractivity contribution in [1.29, 1.82) is 0 Å². The van der Waals surface area contributed by atoms with Crippen LogP contribution < -0.4 is 0 Å². The summed E-state index contributed by atoms with van der Waals surface area (Å²) in [4.78, 5) is 45.9. The molecule has 0 atom stereocenters. The molecule has 0 aliphatic heterocycles. The number of unbranched alkanes of at least 4 members (excludes halogenated alkanes) is 2. The highest BCUT2D eigenvalue weighted by Crippen LogP contribution is 2.08. The number of carbonyl (C=O) groups is 4. The molecule has 0 fully saturated rings. The lowest BCUT2D eigenvalue weighted by Crippen LogP contribution is -2.14. The first-order valence-corrected chi connectivity index (χ1v) is 7.87. The quantitative estimate of drug-likeness (QED) is 0.346. The SMILES string of the molecule is C=C(CCCC)C(=O)OC(=O)C=CC(=O)OC(=O)C(=C)CCCC. The van der Waals surface area contributed by atoms with E-state index in [0.29, 0.717) is 12.8 Å². The number of esters is 4. The summed E-state index contributed by atoms with van der Waals surface area (Å²) in [5, 5.41) is 0. The van der Waals surface area contributed by atoms with Crippen molar-refractivity contribution in [3.05, 3.63) is 36.5 Å². The van der Waals surface area contributed by atoms with Crippen LogP contribution >= 0.6 is 0 Å². The number of carbonyl (C=O) groups excluding carboxylic acids is 4. The molecule has 0 unspecified atom stereocenters. The van der Waals surface area contributed by atoms with Gasteiger partial charge in [-0.15, -0.1) is 0 Å². The van der Waals surface area contributed by atoms with Crippen molar-refractivity contribution in [3.63, 3.8) is 0 Å². The molecule has 0 aromatic rings. The Hall–Kier alpha value is -2.50. The fourth-order valence-corrected chi connectivity index (χ4v) is 1.52. The van der Waals surface area contributed by atoms with Crippen LogP contribution in [-0.2, 0) is 28.7 Å². The van der Waals surface area contributed by atoms with Crippen LogP contribution in [0.2, 0.25) is 0 Å². The van der Waals surface area contributed by atoms with Crippen LogP contribution in [0.15, 0.2) is 36.5 Å². The average molecular weight is 336 g/mol. The maximum Gasteiger partial charge on any atom is 0.341 e. The van der Waals surface area contributed by atoms with Crippen molar-refractivity contribution < 1.29 is 28.7 Å². The molecule has 0 heterocycles. The molecule has 0 amide bonds. The molecule has 132 valence electrons. The molecular formula is C18H24O6. The Morgan fingerprint density at radius 1 is 0.750 bits per heavy atom. The molecule has 0 N–H and O–H groups in total. The first kappa shape index (κ1) is 21.5. The molecule has 0 saturated carbocycles. The van der Waals surface area contributed by atoms with Gasteiger partial charge in [-0.1, -0.05) is 39.8 Å². The van der Waals surface area contributed by atoms with Crippen LogP contribution in [0.4, 0.5) is 0 Å². The topological polar surface area (TPSA) is 86.7 Å². The van der Waals surface area contributed by atoms with E-state index in [-0.39, 0.29) is 11.1 Å². The number of rotatable bonds is 10. The van der Waals surface area contributed by atoms with E-state index < -0.39 is 23.9 Å².